The molecule has 0 radical (unpaired) electrons. The topological polar surface area (TPSA) is 97.7 Å². The van der Waals surface area contributed by atoms with Gasteiger partial charge in [-0.15, -0.1) is 0 Å². The molecule has 2 aliphatic heterocycles. The normalized spacial score (nSPS) is 22.6. The Bertz CT molecular complexity index is 545. The number of aromatic nitrogens is 1. The Labute approximate surface area is 130 Å². The van der Waals surface area contributed by atoms with Crippen molar-refractivity contribution in [1.82, 2.24) is 9.88 Å². The molecule has 2 aliphatic rings. The van der Waals surface area contributed by atoms with E-state index in [4.69, 9.17) is 16.2 Å². The summed E-state index contributed by atoms with van der Waals surface area (Å²) in [6.07, 6.45) is 1.91. The summed E-state index contributed by atoms with van der Waals surface area (Å²) in [7, 11) is 0. The van der Waals surface area contributed by atoms with Crippen molar-refractivity contribution in [2.75, 3.05) is 55.8 Å². The number of anilines is 3. The van der Waals surface area contributed by atoms with Gasteiger partial charge in [-0.2, -0.15) is 0 Å². The monoisotopic (exact) mass is 305 g/mol. The molecule has 1 amide bonds. The van der Waals surface area contributed by atoms with E-state index in [2.05, 4.69) is 9.88 Å². The van der Waals surface area contributed by atoms with Crippen molar-refractivity contribution in [2.45, 2.75) is 12.8 Å². The number of carbonyl (C=O) groups is 1. The maximum absolute atomic E-state index is 12.6. The van der Waals surface area contributed by atoms with Crippen LogP contribution in [0.15, 0.2) is 12.1 Å². The van der Waals surface area contributed by atoms with Crippen molar-refractivity contribution in [3.8, 4) is 0 Å². The van der Waals surface area contributed by atoms with E-state index in [1.54, 1.807) is 6.07 Å². The number of piperidine rings is 1. The van der Waals surface area contributed by atoms with E-state index in [-0.39, 0.29) is 11.8 Å². The molecule has 3 heterocycles. The van der Waals surface area contributed by atoms with Crippen LogP contribution in [-0.4, -0.2) is 55.2 Å². The highest BCUT2D eigenvalue weighted by Crippen LogP contribution is 2.25. The van der Waals surface area contributed by atoms with Crippen molar-refractivity contribution in [3.05, 3.63) is 12.1 Å². The SMILES string of the molecule is Nc1ccc(N2CCC[C@@H](C(=O)N3CCOCC3)C2)nc1N. The van der Waals surface area contributed by atoms with Crippen LogP contribution in [0.4, 0.5) is 17.3 Å². The molecule has 7 heteroatoms. The van der Waals surface area contributed by atoms with Crippen LogP contribution < -0.4 is 16.4 Å². The third-order valence-corrected chi connectivity index (χ3v) is 4.36. The molecule has 7 nitrogen and oxygen atoms in total. The van der Waals surface area contributed by atoms with Crippen LogP contribution in [0, 0.1) is 5.92 Å². The number of nitrogens with zero attached hydrogens (tertiary/aromatic N) is 3. The Hall–Kier alpha value is -2.02. The second kappa shape index (κ2) is 6.39. The first-order chi connectivity index (χ1) is 10.6. The average Bonchev–Trinajstić information content (AvgIpc) is 2.57. The zero-order valence-electron chi connectivity index (χ0n) is 12.7. The molecular weight excluding hydrogens is 282 g/mol. The fourth-order valence-corrected chi connectivity index (χ4v) is 3.08. The average molecular weight is 305 g/mol. The number of ether oxygens (including phenoxy) is 1. The lowest BCUT2D eigenvalue weighted by Crippen LogP contribution is -2.48. The number of carbonyl (C=O) groups excluding carboxylic acids is 1. The number of nitrogen functional groups attached to an aromatic ring is 2. The molecule has 0 aromatic carbocycles. The Morgan fingerprint density at radius 1 is 1.23 bits per heavy atom. The lowest BCUT2D eigenvalue weighted by atomic mass is 9.96. The van der Waals surface area contributed by atoms with Gasteiger partial charge in [-0.05, 0) is 25.0 Å². The summed E-state index contributed by atoms with van der Waals surface area (Å²) < 4.78 is 5.31. The van der Waals surface area contributed by atoms with Gasteiger partial charge in [0.1, 0.15) is 11.6 Å². The van der Waals surface area contributed by atoms with E-state index < -0.39 is 0 Å². The molecule has 1 aromatic heterocycles. The Morgan fingerprint density at radius 2 is 2.00 bits per heavy atom. The molecule has 1 aromatic rings. The van der Waals surface area contributed by atoms with E-state index in [0.717, 1.165) is 25.2 Å². The molecule has 2 saturated heterocycles. The summed E-state index contributed by atoms with van der Waals surface area (Å²) in [4.78, 5) is 21.0. The third kappa shape index (κ3) is 3.09. The summed E-state index contributed by atoms with van der Waals surface area (Å²) >= 11 is 0. The van der Waals surface area contributed by atoms with Gasteiger partial charge in [-0.1, -0.05) is 0 Å². The minimum absolute atomic E-state index is 0.0208. The van der Waals surface area contributed by atoms with Gasteiger partial charge in [0, 0.05) is 26.2 Å². The molecule has 0 bridgehead atoms. The van der Waals surface area contributed by atoms with Crippen molar-refractivity contribution >= 4 is 23.2 Å². The molecule has 0 saturated carbocycles. The number of hydrogen-bond donors (Lipinski definition) is 2. The molecule has 0 spiro atoms. The summed E-state index contributed by atoms with van der Waals surface area (Å²) in [5.74, 6) is 1.40. The van der Waals surface area contributed by atoms with Crippen LogP contribution in [0.1, 0.15) is 12.8 Å². The fraction of sp³-hybridized carbons (Fsp3) is 0.600. The summed E-state index contributed by atoms with van der Waals surface area (Å²) in [5.41, 5.74) is 12.0. The van der Waals surface area contributed by atoms with E-state index in [0.29, 0.717) is 44.4 Å². The van der Waals surface area contributed by atoms with Crippen molar-refractivity contribution < 1.29 is 9.53 Å². The van der Waals surface area contributed by atoms with Gasteiger partial charge in [0.15, 0.2) is 0 Å². The fourth-order valence-electron chi connectivity index (χ4n) is 3.08. The zero-order valence-corrected chi connectivity index (χ0v) is 12.7. The number of hydrogen-bond acceptors (Lipinski definition) is 6. The lowest BCUT2D eigenvalue weighted by Gasteiger charge is -2.36. The molecule has 0 aliphatic carbocycles. The molecule has 3 rings (SSSR count). The van der Waals surface area contributed by atoms with E-state index >= 15 is 0 Å². The molecule has 120 valence electrons. The summed E-state index contributed by atoms with van der Waals surface area (Å²) in [6.45, 7) is 4.25. The van der Waals surface area contributed by atoms with E-state index in [1.807, 2.05) is 11.0 Å². The van der Waals surface area contributed by atoms with Gasteiger partial charge >= 0.3 is 0 Å². The van der Waals surface area contributed by atoms with Gasteiger partial charge < -0.3 is 26.0 Å². The largest absolute Gasteiger partial charge is 0.396 e. The van der Waals surface area contributed by atoms with Crippen LogP contribution >= 0.6 is 0 Å². The van der Waals surface area contributed by atoms with Gasteiger partial charge in [-0.3, -0.25) is 4.79 Å². The molecule has 4 N–H and O–H groups in total. The van der Waals surface area contributed by atoms with Crippen LogP contribution in [0.3, 0.4) is 0 Å². The van der Waals surface area contributed by atoms with Crippen molar-refractivity contribution in [3.63, 3.8) is 0 Å². The Kier molecular flexibility index (Phi) is 4.33. The minimum atomic E-state index is 0.0208. The quantitative estimate of drug-likeness (QED) is 0.816. The number of pyridine rings is 1. The molecule has 22 heavy (non-hydrogen) atoms. The van der Waals surface area contributed by atoms with Crippen LogP contribution in [-0.2, 0) is 9.53 Å². The van der Waals surface area contributed by atoms with Crippen LogP contribution in [0.25, 0.3) is 0 Å². The summed E-state index contributed by atoms with van der Waals surface area (Å²) in [6, 6.07) is 3.64. The maximum Gasteiger partial charge on any atom is 0.227 e. The number of amides is 1. The van der Waals surface area contributed by atoms with Crippen LogP contribution in [0.5, 0.6) is 0 Å². The Morgan fingerprint density at radius 3 is 2.73 bits per heavy atom. The van der Waals surface area contributed by atoms with Crippen molar-refractivity contribution in [2.24, 2.45) is 5.92 Å². The first-order valence-corrected chi connectivity index (χ1v) is 7.78. The van der Waals surface area contributed by atoms with E-state index in [1.165, 1.54) is 0 Å². The maximum atomic E-state index is 12.6. The third-order valence-electron chi connectivity index (χ3n) is 4.36. The highest BCUT2D eigenvalue weighted by atomic mass is 16.5. The molecular formula is C15H23N5O2. The van der Waals surface area contributed by atoms with Gasteiger partial charge in [0.05, 0.1) is 24.8 Å². The Balaban J connectivity index is 1.68. The highest BCUT2D eigenvalue weighted by molar-refractivity contribution is 5.80. The smallest absolute Gasteiger partial charge is 0.227 e. The molecule has 1 atom stereocenters. The highest BCUT2D eigenvalue weighted by Gasteiger charge is 2.30. The van der Waals surface area contributed by atoms with Crippen molar-refractivity contribution in [1.29, 1.82) is 0 Å². The van der Waals surface area contributed by atoms with Gasteiger partial charge in [0.25, 0.3) is 0 Å². The second-order valence-electron chi connectivity index (χ2n) is 5.87. The number of rotatable bonds is 2. The zero-order chi connectivity index (χ0) is 15.5. The number of nitrogens with two attached hydrogens (primary N) is 2. The second-order valence-corrected chi connectivity index (χ2v) is 5.87. The summed E-state index contributed by atoms with van der Waals surface area (Å²) in [5, 5.41) is 0. The molecule has 2 fully saturated rings. The predicted octanol–water partition coefficient (Wildman–Crippen LogP) is 0.321. The van der Waals surface area contributed by atoms with Crippen LogP contribution in [0.2, 0.25) is 0 Å². The number of morpholine rings is 1. The molecule has 0 unspecified atom stereocenters. The van der Waals surface area contributed by atoms with Gasteiger partial charge in [-0.25, -0.2) is 4.98 Å². The minimum Gasteiger partial charge on any atom is -0.396 e. The lowest BCUT2D eigenvalue weighted by molar-refractivity contribution is -0.139. The van der Waals surface area contributed by atoms with Gasteiger partial charge in [0.2, 0.25) is 5.91 Å². The predicted molar refractivity (Wildman–Crippen MR) is 85.4 cm³/mol. The first kappa shape index (κ1) is 14.9. The first-order valence-electron chi connectivity index (χ1n) is 7.78. The standard InChI is InChI=1S/C15H23N5O2/c16-12-3-4-13(18-14(12)17)20-5-1-2-11(10-20)15(21)19-6-8-22-9-7-19/h3-4,11H,1-2,5-10,16H2,(H2,17,18)/t11-/m1/s1. The van der Waals surface area contributed by atoms with E-state index in [9.17, 15) is 4.79 Å².